The fourth-order valence-electron chi connectivity index (χ4n) is 2.78. The summed E-state index contributed by atoms with van der Waals surface area (Å²) < 4.78 is 11.4. The quantitative estimate of drug-likeness (QED) is 0.260. The molecule has 5 heteroatoms. The summed E-state index contributed by atoms with van der Waals surface area (Å²) in [6, 6.07) is 15.4. The highest BCUT2D eigenvalue weighted by atomic mass is 16.5. The molecule has 29 heavy (non-hydrogen) atoms. The van der Waals surface area contributed by atoms with Gasteiger partial charge < -0.3 is 14.6 Å². The minimum absolute atomic E-state index is 0.305. The first-order valence-corrected chi connectivity index (χ1v) is 10.8. The predicted octanol–water partition coefficient (Wildman–Crippen LogP) is 6.99. The third-order valence-corrected chi connectivity index (χ3v) is 4.54. The van der Waals surface area contributed by atoms with Crippen LogP contribution >= 0.6 is 0 Å². The van der Waals surface area contributed by atoms with Gasteiger partial charge in [0.15, 0.2) is 0 Å². The van der Waals surface area contributed by atoms with E-state index >= 15 is 0 Å². The molecular formula is C24H34N2O3. The van der Waals surface area contributed by atoms with E-state index in [0.29, 0.717) is 6.61 Å². The molecule has 2 rings (SSSR count). The van der Waals surface area contributed by atoms with Gasteiger partial charge in [0.05, 0.1) is 24.6 Å². The van der Waals surface area contributed by atoms with Crippen LogP contribution in [0.4, 0.5) is 11.4 Å². The van der Waals surface area contributed by atoms with Crippen LogP contribution in [0.5, 0.6) is 11.5 Å². The number of unbranched alkanes of at least 4 members (excludes halogenated alkanes) is 6. The molecule has 0 aromatic heterocycles. The lowest BCUT2D eigenvalue weighted by atomic mass is 10.1. The standard InChI is InChI=1S/C24H34N2O3/c1-2-3-19-28-23-14-10-21(11-15-23)25-26-22-12-16-24(17-13-22)29-20-9-7-5-4-6-8-18-27/h10-17,27H,2-9,18-20H2,1H3. The summed E-state index contributed by atoms with van der Waals surface area (Å²) in [5, 5.41) is 17.3. The first-order chi connectivity index (χ1) is 14.3. The van der Waals surface area contributed by atoms with Crippen molar-refractivity contribution in [1.29, 1.82) is 0 Å². The average molecular weight is 399 g/mol. The van der Waals surface area contributed by atoms with Gasteiger partial charge in [0.2, 0.25) is 0 Å². The van der Waals surface area contributed by atoms with E-state index in [1.807, 2.05) is 48.5 Å². The SMILES string of the molecule is CCCCOc1ccc(N=Nc2ccc(OCCCCCCCCO)cc2)cc1. The molecule has 158 valence electrons. The van der Waals surface area contributed by atoms with E-state index in [1.54, 1.807) is 0 Å². The third-order valence-electron chi connectivity index (χ3n) is 4.54. The lowest BCUT2D eigenvalue weighted by Crippen LogP contribution is -1.97. The Balaban J connectivity index is 1.67. The van der Waals surface area contributed by atoms with Crippen molar-refractivity contribution in [3.8, 4) is 11.5 Å². The fraction of sp³-hybridized carbons (Fsp3) is 0.500. The van der Waals surface area contributed by atoms with Gasteiger partial charge in [-0.1, -0.05) is 39.0 Å². The van der Waals surface area contributed by atoms with Crippen molar-refractivity contribution in [1.82, 2.24) is 0 Å². The van der Waals surface area contributed by atoms with Gasteiger partial charge in [-0.2, -0.15) is 10.2 Å². The molecule has 0 spiro atoms. The Bertz CT molecular complexity index is 684. The zero-order valence-corrected chi connectivity index (χ0v) is 17.6. The molecule has 0 fully saturated rings. The van der Waals surface area contributed by atoms with E-state index in [9.17, 15) is 0 Å². The Hall–Kier alpha value is -2.40. The second-order valence-corrected chi connectivity index (χ2v) is 7.08. The van der Waals surface area contributed by atoms with Gasteiger partial charge in [-0.05, 0) is 67.8 Å². The number of azo groups is 1. The minimum atomic E-state index is 0.305. The number of hydrogen-bond acceptors (Lipinski definition) is 5. The molecule has 0 aliphatic carbocycles. The zero-order chi connectivity index (χ0) is 20.6. The van der Waals surface area contributed by atoms with E-state index in [-0.39, 0.29) is 0 Å². The van der Waals surface area contributed by atoms with Gasteiger partial charge in [0.25, 0.3) is 0 Å². The van der Waals surface area contributed by atoms with Crippen LogP contribution in [0.2, 0.25) is 0 Å². The van der Waals surface area contributed by atoms with Crippen LogP contribution in [0.15, 0.2) is 58.8 Å². The highest BCUT2D eigenvalue weighted by molar-refractivity contribution is 5.44. The number of aliphatic hydroxyl groups is 1. The molecule has 0 unspecified atom stereocenters. The third kappa shape index (κ3) is 10.1. The number of ether oxygens (including phenoxy) is 2. The maximum Gasteiger partial charge on any atom is 0.119 e. The van der Waals surface area contributed by atoms with Crippen molar-refractivity contribution in [2.75, 3.05) is 19.8 Å². The van der Waals surface area contributed by atoms with Gasteiger partial charge >= 0.3 is 0 Å². The second kappa shape index (κ2) is 14.6. The normalized spacial score (nSPS) is 11.1. The van der Waals surface area contributed by atoms with Gasteiger partial charge in [-0.3, -0.25) is 0 Å². The first kappa shape index (κ1) is 22.9. The molecular weight excluding hydrogens is 364 g/mol. The molecule has 1 N–H and O–H groups in total. The fourth-order valence-corrected chi connectivity index (χ4v) is 2.78. The van der Waals surface area contributed by atoms with Crippen molar-refractivity contribution in [3.63, 3.8) is 0 Å². The molecule has 0 heterocycles. The van der Waals surface area contributed by atoms with E-state index in [1.165, 1.54) is 19.3 Å². The van der Waals surface area contributed by atoms with Crippen molar-refractivity contribution >= 4 is 11.4 Å². The minimum Gasteiger partial charge on any atom is -0.494 e. The number of hydrogen-bond donors (Lipinski definition) is 1. The summed E-state index contributed by atoms with van der Waals surface area (Å²) in [6.07, 6.45) is 8.83. The van der Waals surface area contributed by atoms with Crippen LogP contribution in [-0.4, -0.2) is 24.9 Å². The number of benzene rings is 2. The Morgan fingerprint density at radius 3 is 1.55 bits per heavy atom. The van der Waals surface area contributed by atoms with E-state index in [0.717, 1.165) is 68.2 Å². The molecule has 0 aliphatic rings. The van der Waals surface area contributed by atoms with Crippen LogP contribution in [0.1, 0.15) is 58.3 Å². The average Bonchev–Trinajstić information content (AvgIpc) is 2.76. The maximum atomic E-state index is 8.75. The van der Waals surface area contributed by atoms with Crippen LogP contribution in [0.3, 0.4) is 0 Å². The maximum absolute atomic E-state index is 8.75. The summed E-state index contributed by atoms with van der Waals surface area (Å²) >= 11 is 0. The largest absolute Gasteiger partial charge is 0.494 e. The van der Waals surface area contributed by atoms with E-state index < -0.39 is 0 Å². The van der Waals surface area contributed by atoms with Crippen LogP contribution in [0, 0.1) is 0 Å². The smallest absolute Gasteiger partial charge is 0.119 e. The molecule has 0 atom stereocenters. The number of aliphatic hydroxyl groups excluding tert-OH is 1. The number of nitrogens with zero attached hydrogens (tertiary/aromatic N) is 2. The van der Waals surface area contributed by atoms with E-state index in [2.05, 4.69) is 17.2 Å². The molecule has 0 saturated carbocycles. The Morgan fingerprint density at radius 2 is 1.07 bits per heavy atom. The van der Waals surface area contributed by atoms with Crippen molar-refractivity contribution in [3.05, 3.63) is 48.5 Å². The van der Waals surface area contributed by atoms with Gasteiger partial charge in [-0.15, -0.1) is 0 Å². The van der Waals surface area contributed by atoms with Crippen molar-refractivity contribution in [2.45, 2.75) is 58.3 Å². The summed E-state index contributed by atoms with van der Waals surface area (Å²) in [4.78, 5) is 0. The topological polar surface area (TPSA) is 63.4 Å². The lowest BCUT2D eigenvalue weighted by molar-refractivity contribution is 0.280. The molecule has 0 aliphatic heterocycles. The molecule has 2 aromatic carbocycles. The lowest BCUT2D eigenvalue weighted by Gasteiger charge is -2.06. The summed E-state index contributed by atoms with van der Waals surface area (Å²) in [5.41, 5.74) is 1.59. The van der Waals surface area contributed by atoms with Crippen molar-refractivity contribution in [2.24, 2.45) is 10.2 Å². The molecule has 0 saturated heterocycles. The van der Waals surface area contributed by atoms with Gasteiger partial charge in [0, 0.05) is 6.61 Å². The van der Waals surface area contributed by atoms with Gasteiger partial charge in [0.1, 0.15) is 11.5 Å². The number of rotatable bonds is 15. The molecule has 0 radical (unpaired) electrons. The Kier molecular flexibility index (Phi) is 11.5. The van der Waals surface area contributed by atoms with E-state index in [4.69, 9.17) is 14.6 Å². The monoisotopic (exact) mass is 398 g/mol. The van der Waals surface area contributed by atoms with Crippen molar-refractivity contribution < 1.29 is 14.6 Å². The molecule has 0 amide bonds. The van der Waals surface area contributed by atoms with Crippen LogP contribution in [0.25, 0.3) is 0 Å². The van der Waals surface area contributed by atoms with Gasteiger partial charge in [-0.25, -0.2) is 0 Å². The summed E-state index contributed by atoms with van der Waals surface area (Å²) in [7, 11) is 0. The highest BCUT2D eigenvalue weighted by Crippen LogP contribution is 2.23. The molecule has 0 bridgehead atoms. The Morgan fingerprint density at radius 1 is 0.621 bits per heavy atom. The second-order valence-electron chi connectivity index (χ2n) is 7.08. The van der Waals surface area contributed by atoms with Crippen LogP contribution < -0.4 is 9.47 Å². The highest BCUT2D eigenvalue weighted by Gasteiger charge is 1.97. The zero-order valence-electron chi connectivity index (χ0n) is 17.6. The van der Waals surface area contributed by atoms with Crippen LogP contribution in [-0.2, 0) is 0 Å². The summed E-state index contributed by atoms with van der Waals surface area (Å²) in [6.45, 7) is 3.93. The predicted molar refractivity (Wildman–Crippen MR) is 118 cm³/mol. The molecule has 5 nitrogen and oxygen atoms in total. The summed E-state index contributed by atoms with van der Waals surface area (Å²) in [5.74, 6) is 1.72. The first-order valence-electron chi connectivity index (χ1n) is 10.8. The molecule has 2 aromatic rings. The Labute approximate surface area is 174 Å².